The van der Waals surface area contributed by atoms with Crippen LogP contribution in [0, 0.1) is 18.8 Å². The molecule has 1 N–H and O–H groups in total. The number of nitrogens with zero attached hydrogens (tertiary/aromatic N) is 2. The van der Waals surface area contributed by atoms with E-state index >= 15 is 0 Å². The highest BCUT2D eigenvalue weighted by Crippen LogP contribution is 2.39. The quantitative estimate of drug-likeness (QED) is 0.190. The van der Waals surface area contributed by atoms with Gasteiger partial charge in [0.25, 0.3) is 0 Å². The molecule has 1 saturated carbocycles. The van der Waals surface area contributed by atoms with Crippen LogP contribution < -0.4 is 14.5 Å². The monoisotopic (exact) mass is 704 g/mol. The Bertz CT molecular complexity index is 1530. The Kier molecular flexibility index (Phi) is 11.7. The molecule has 0 aliphatic heterocycles. The molecule has 49 heavy (non-hydrogen) atoms. The third-order valence-electron chi connectivity index (χ3n) is 8.70. The zero-order chi connectivity index (χ0) is 36.1. The number of carbonyl (C=O) groups is 1. The van der Waals surface area contributed by atoms with Gasteiger partial charge in [0.2, 0.25) is 0 Å². The van der Waals surface area contributed by atoms with Crippen molar-refractivity contribution < 1.29 is 54.2 Å². The first-order valence-electron chi connectivity index (χ1n) is 15.8. The maximum atomic E-state index is 13.7. The molecule has 0 aromatic heterocycles. The summed E-state index contributed by atoms with van der Waals surface area (Å²) in [6.45, 7) is 3.98. The van der Waals surface area contributed by atoms with E-state index in [9.17, 15) is 44.3 Å². The molecule has 0 spiro atoms. The van der Waals surface area contributed by atoms with Crippen LogP contribution in [0.25, 0.3) is 0 Å². The number of ether oxygens (including phenoxy) is 1. The summed E-state index contributed by atoms with van der Waals surface area (Å²) in [5.74, 6) is -1.15. The molecule has 1 aliphatic rings. The van der Waals surface area contributed by atoms with Gasteiger partial charge in [0.15, 0.2) is 0 Å². The van der Waals surface area contributed by atoms with Crippen LogP contribution in [-0.2, 0) is 30.2 Å². The zero-order valence-corrected chi connectivity index (χ0v) is 26.9. The van der Waals surface area contributed by atoms with Crippen molar-refractivity contribution in [1.82, 2.24) is 0 Å². The van der Waals surface area contributed by atoms with Crippen LogP contribution in [0.5, 0.6) is 5.75 Å². The molecule has 1 fully saturated rings. The molecular weight excluding hydrogens is 667 g/mol. The summed E-state index contributed by atoms with van der Waals surface area (Å²) in [6.07, 6.45) is -12.1. The van der Waals surface area contributed by atoms with Crippen LogP contribution in [0.4, 0.5) is 50.9 Å². The van der Waals surface area contributed by atoms with Gasteiger partial charge < -0.3 is 19.6 Å². The average molecular weight is 705 g/mol. The third-order valence-corrected chi connectivity index (χ3v) is 8.70. The summed E-state index contributed by atoms with van der Waals surface area (Å²) in [5.41, 5.74) is -1.15. The number of rotatable bonds is 12. The number of hydrogen-bond acceptors (Lipinski definition) is 4. The minimum Gasteiger partial charge on any atom is -0.481 e. The van der Waals surface area contributed by atoms with Crippen LogP contribution >= 0.6 is 0 Å². The second-order valence-corrected chi connectivity index (χ2v) is 12.5. The lowest BCUT2D eigenvalue weighted by Crippen LogP contribution is -2.33. The van der Waals surface area contributed by atoms with Gasteiger partial charge in [0, 0.05) is 44.0 Å². The molecule has 268 valence electrons. The molecular formula is C35H37F9N2O3. The highest BCUT2D eigenvalue weighted by Gasteiger charge is 2.37. The molecule has 0 amide bonds. The van der Waals surface area contributed by atoms with E-state index in [-0.39, 0.29) is 36.4 Å². The Morgan fingerprint density at radius 2 is 1.35 bits per heavy atom. The standard InChI is InChI=1S/C35H37F9N2O3/c1-3-45(19-24-8-6-23(7-9-24)16-32(47)48)31-13-12-30(49-35(42,43)44)17-26(31)21-46(29-10-4-22(2)5-11-29)20-25-14-27(33(36,37)38)18-28(15-25)34(39,40)41/h4-5,10-15,17-18,23-24H,3,6-9,16,19-21H2,1-2H3,(H,47,48). The van der Waals surface area contributed by atoms with Gasteiger partial charge in [-0.25, -0.2) is 0 Å². The second kappa shape index (κ2) is 15.2. The van der Waals surface area contributed by atoms with Crippen molar-refractivity contribution in [2.75, 3.05) is 22.9 Å². The van der Waals surface area contributed by atoms with Gasteiger partial charge in [-0.1, -0.05) is 17.7 Å². The van der Waals surface area contributed by atoms with Crippen LogP contribution in [-0.4, -0.2) is 30.5 Å². The van der Waals surface area contributed by atoms with Gasteiger partial charge in [0.05, 0.1) is 11.1 Å². The van der Waals surface area contributed by atoms with E-state index in [4.69, 9.17) is 5.11 Å². The predicted octanol–water partition coefficient (Wildman–Crippen LogP) is 10.2. The highest BCUT2D eigenvalue weighted by molar-refractivity contribution is 5.67. The minimum absolute atomic E-state index is 0.0457. The fraction of sp³-hybridized carbons (Fsp3) is 0.457. The number of benzene rings is 3. The molecule has 0 heterocycles. The van der Waals surface area contributed by atoms with E-state index in [1.54, 1.807) is 31.2 Å². The van der Waals surface area contributed by atoms with Crippen molar-refractivity contribution in [3.63, 3.8) is 0 Å². The third kappa shape index (κ3) is 10.9. The van der Waals surface area contributed by atoms with Crippen LogP contribution in [0.1, 0.15) is 66.8 Å². The van der Waals surface area contributed by atoms with Gasteiger partial charge in [0.1, 0.15) is 5.75 Å². The zero-order valence-electron chi connectivity index (χ0n) is 26.9. The average Bonchev–Trinajstić information content (AvgIpc) is 2.99. The first-order chi connectivity index (χ1) is 22.8. The molecule has 3 aromatic rings. The maximum Gasteiger partial charge on any atom is 0.573 e. The first kappa shape index (κ1) is 37.7. The molecule has 1 aliphatic carbocycles. The molecule has 0 bridgehead atoms. The number of carboxylic acids is 1. The fourth-order valence-electron chi connectivity index (χ4n) is 6.30. The van der Waals surface area contributed by atoms with Gasteiger partial charge in [-0.3, -0.25) is 4.79 Å². The van der Waals surface area contributed by atoms with E-state index in [0.717, 1.165) is 37.3 Å². The smallest absolute Gasteiger partial charge is 0.481 e. The van der Waals surface area contributed by atoms with Crippen molar-refractivity contribution in [2.45, 2.75) is 77.8 Å². The Labute approximate surface area is 278 Å². The summed E-state index contributed by atoms with van der Waals surface area (Å²) >= 11 is 0. The largest absolute Gasteiger partial charge is 0.573 e. The normalized spacial score (nSPS) is 17.1. The molecule has 4 rings (SSSR count). The molecule has 0 radical (unpaired) electrons. The molecule has 3 aromatic carbocycles. The van der Waals surface area contributed by atoms with E-state index < -0.39 is 48.1 Å². The van der Waals surface area contributed by atoms with Gasteiger partial charge in [-0.2, -0.15) is 26.3 Å². The lowest BCUT2D eigenvalue weighted by atomic mass is 9.80. The lowest BCUT2D eigenvalue weighted by molar-refractivity contribution is -0.274. The molecule has 5 nitrogen and oxygen atoms in total. The number of hydrogen-bond donors (Lipinski definition) is 1. The molecule has 0 unspecified atom stereocenters. The fourth-order valence-corrected chi connectivity index (χ4v) is 6.30. The van der Waals surface area contributed by atoms with Crippen LogP contribution in [0.15, 0.2) is 60.7 Å². The number of aryl methyl sites for hydroxylation is 1. The Morgan fingerprint density at radius 1 is 0.776 bits per heavy atom. The number of alkyl halides is 9. The number of carboxylic acid groups (broad SMARTS) is 1. The maximum absolute atomic E-state index is 13.7. The van der Waals surface area contributed by atoms with E-state index in [0.29, 0.717) is 42.2 Å². The van der Waals surface area contributed by atoms with E-state index in [1.165, 1.54) is 17.0 Å². The van der Waals surface area contributed by atoms with Crippen molar-refractivity contribution in [3.05, 3.63) is 88.5 Å². The molecule has 0 saturated heterocycles. The summed E-state index contributed by atoms with van der Waals surface area (Å²) in [6, 6.07) is 11.8. The van der Waals surface area contributed by atoms with E-state index in [1.807, 2.05) is 11.8 Å². The van der Waals surface area contributed by atoms with Gasteiger partial charge in [-0.15, -0.1) is 13.2 Å². The molecule has 14 heteroatoms. The number of anilines is 2. The van der Waals surface area contributed by atoms with Crippen molar-refractivity contribution in [2.24, 2.45) is 11.8 Å². The summed E-state index contributed by atoms with van der Waals surface area (Å²) in [4.78, 5) is 14.6. The van der Waals surface area contributed by atoms with Crippen molar-refractivity contribution >= 4 is 17.3 Å². The molecule has 0 atom stereocenters. The Hall–Kier alpha value is -4.10. The van der Waals surface area contributed by atoms with Crippen LogP contribution in [0.3, 0.4) is 0 Å². The van der Waals surface area contributed by atoms with Gasteiger partial charge >= 0.3 is 24.7 Å². The van der Waals surface area contributed by atoms with Crippen molar-refractivity contribution in [3.8, 4) is 5.75 Å². The topological polar surface area (TPSA) is 53.0 Å². The van der Waals surface area contributed by atoms with Crippen molar-refractivity contribution in [1.29, 1.82) is 0 Å². The predicted molar refractivity (Wildman–Crippen MR) is 166 cm³/mol. The summed E-state index contributed by atoms with van der Waals surface area (Å²) in [7, 11) is 0. The Balaban J connectivity index is 1.74. The number of aliphatic carboxylic acids is 1. The summed E-state index contributed by atoms with van der Waals surface area (Å²) < 4.78 is 126. The summed E-state index contributed by atoms with van der Waals surface area (Å²) in [5, 5.41) is 9.15. The number of halogens is 9. The van der Waals surface area contributed by atoms with Crippen LogP contribution in [0.2, 0.25) is 0 Å². The first-order valence-corrected chi connectivity index (χ1v) is 15.8. The minimum atomic E-state index is -5.06. The highest BCUT2D eigenvalue weighted by atomic mass is 19.4. The second-order valence-electron chi connectivity index (χ2n) is 12.5. The Morgan fingerprint density at radius 3 is 1.86 bits per heavy atom. The SMILES string of the molecule is CCN(CC1CCC(CC(=O)O)CC1)c1ccc(OC(F)(F)F)cc1CN(Cc1cc(C(F)(F)F)cc(C(F)(F)F)c1)c1ccc(C)cc1. The lowest BCUT2D eigenvalue weighted by Gasteiger charge is -2.35. The van der Waals surface area contributed by atoms with E-state index in [2.05, 4.69) is 4.74 Å². The van der Waals surface area contributed by atoms with Gasteiger partial charge in [-0.05, 0) is 111 Å².